The minimum atomic E-state index is -0.907. The number of carbonyl (C=O) groups is 1. The molecule has 1 aliphatic heterocycles. The van der Waals surface area contributed by atoms with Crippen LogP contribution < -0.4 is 5.73 Å². The predicted octanol–water partition coefficient (Wildman–Crippen LogP) is 4.62. The fourth-order valence-corrected chi connectivity index (χ4v) is 5.14. The topological polar surface area (TPSA) is 64.7 Å². The molecule has 1 fully saturated rings. The lowest BCUT2D eigenvalue weighted by atomic mass is 9.69. The van der Waals surface area contributed by atoms with Gasteiger partial charge < -0.3 is 10.5 Å². The molecule has 1 aliphatic carbocycles. The van der Waals surface area contributed by atoms with Crippen LogP contribution in [0, 0.1) is 11.7 Å². The molecule has 4 nitrogen and oxygen atoms in total. The standard InChI is InChI=1S/C20H26F2N2O2S/c1-19(2,3)26-18(25)10-17-24-20(15-9-14(23)4-5-16(15)22)7-6-13(21)8-12(20)11-27-17/h4-5,9,12-13H,6-8,10-11,23H2,1-3H3/t12-,13?,20-/m0/s1. The van der Waals surface area contributed by atoms with Gasteiger partial charge in [-0.3, -0.25) is 9.79 Å². The monoisotopic (exact) mass is 396 g/mol. The van der Waals surface area contributed by atoms with E-state index in [0.29, 0.717) is 41.3 Å². The molecule has 0 aromatic heterocycles. The van der Waals surface area contributed by atoms with E-state index in [4.69, 9.17) is 15.5 Å². The highest BCUT2D eigenvalue weighted by Crippen LogP contribution is 2.51. The van der Waals surface area contributed by atoms with Crippen LogP contribution in [-0.4, -0.2) is 28.5 Å². The van der Waals surface area contributed by atoms with Gasteiger partial charge in [0, 0.05) is 22.9 Å². The number of aliphatic imine (C=N–C) groups is 1. The lowest BCUT2D eigenvalue weighted by Crippen LogP contribution is -2.45. The number of hydrogen-bond donors (Lipinski definition) is 1. The number of rotatable bonds is 3. The molecule has 27 heavy (non-hydrogen) atoms. The number of thioether (sulfide) groups is 1. The van der Waals surface area contributed by atoms with Crippen molar-refractivity contribution in [3.63, 3.8) is 0 Å². The summed E-state index contributed by atoms with van der Waals surface area (Å²) in [6.45, 7) is 5.43. The normalized spacial score (nSPS) is 28.3. The van der Waals surface area contributed by atoms with Crippen LogP contribution in [0.2, 0.25) is 0 Å². The lowest BCUT2D eigenvalue weighted by Gasteiger charge is -2.45. The van der Waals surface area contributed by atoms with Gasteiger partial charge in [-0.05, 0) is 58.2 Å². The van der Waals surface area contributed by atoms with Crippen LogP contribution in [0.15, 0.2) is 23.2 Å². The molecular formula is C20H26F2N2O2S. The Labute approximate surface area is 162 Å². The molecule has 1 aromatic carbocycles. The van der Waals surface area contributed by atoms with E-state index in [1.165, 1.54) is 23.9 Å². The summed E-state index contributed by atoms with van der Waals surface area (Å²) in [5, 5.41) is 0.611. The Kier molecular flexibility index (Phi) is 5.52. The Bertz CT molecular complexity index is 763. The van der Waals surface area contributed by atoms with E-state index in [0.717, 1.165) is 0 Å². The van der Waals surface area contributed by atoms with Crippen molar-refractivity contribution in [2.75, 3.05) is 11.5 Å². The summed E-state index contributed by atoms with van der Waals surface area (Å²) in [5.41, 5.74) is 5.30. The molecule has 1 aromatic rings. The van der Waals surface area contributed by atoms with Crippen molar-refractivity contribution >= 4 is 28.5 Å². The maximum atomic E-state index is 14.7. The second-order valence-electron chi connectivity index (χ2n) is 8.31. The van der Waals surface area contributed by atoms with Crippen molar-refractivity contribution in [2.24, 2.45) is 10.9 Å². The van der Waals surface area contributed by atoms with E-state index < -0.39 is 23.1 Å². The highest BCUT2D eigenvalue weighted by molar-refractivity contribution is 8.14. The number of carbonyl (C=O) groups excluding carboxylic acids is 1. The quantitative estimate of drug-likeness (QED) is 0.598. The van der Waals surface area contributed by atoms with Gasteiger partial charge in [-0.2, -0.15) is 0 Å². The molecule has 2 N–H and O–H groups in total. The van der Waals surface area contributed by atoms with Crippen LogP contribution in [0.5, 0.6) is 0 Å². The minimum Gasteiger partial charge on any atom is -0.460 e. The minimum absolute atomic E-state index is 0.0411. The van der Waals surface area contributed by atoms with Crippen molar-refractivity contribution in [3.8, 4) is 0 Å². The number of fused-ring (bicyclic) bond motifs is 1. The molecule has 148 valence electrons. The SMILES string of the molecule is CC(C)(C)OC(=O)CC1=N[C@@]2(c3cc(N)ccc3F)CCC(F)C[C@H]2CS1. The third kappa shape index (κ3) is 4.45. The first-order valence-electron chi connectivity index (χ1n) is 9.22. The van der Waals surface area contributed by atoms with Crippen molar-refractivity contribution in [3.05, 3.63) is 29.6 Å². The molecule has 3 rings (SSSR count). The maximum absolute atomic E-state index is 14.7. The van der Waals surface area contributed by atoms with Gasteiger partial charge in [0.1, 0.15) is 17.6 Å². The molecule has 0 amide bonds. The lowest BCUT2D eigenvalue weighted by molar-refractivity contribution is -0.153. The summed E-state index contributed by atoms with van der Waals surface area (Å²) in [5.74, 6) is -0.297. The summed E-state index contributed by atoms with van der Waals surface area (Å²) in [6, 6.07) is 4.45. The smallest absolute Gasteiger partial charge is 0.312 e. The Balaban J connectivity index is 1.97. The number of alkyl halides is 1. The van der Waals surface area contributed by atoms with Crippen molar-refractivity contribution in [1.82, 2.24) is 0 Å². The first kappa shape index (κ1) is 20.1. The molecule has 0 radical (unpaired) electrons. The molecular weight excluding hydrogens is 370 g/mol. The van der Waals surface area contributed by atoms with E-state index in [2.05, 4.69) is 0 Å². The van der Waals surface area contributed by atoms with Gasteiger partial charge in [0.15, 0.2) is 0 Å². The Morgan fingerprint density at radius 1 is 1.44 bits per heavy atom. The van der Waals surface area contributed by atoms with E-state index >= 15 is 0 Å². The third-order valence-electron chi connectivity index (χ3n) is 5.00. The Morgan fingerprint density at radius 2 is 2.19 bits per heavy atom. The summed E-state index contributed by atoms with van der Waals surface area (Å²) in [7, 11) is 0. The van der Waals surface area contributed by atoms with Crippen LogP contribution in [0.25, 0.3) is 0 Å². The van der Waals surface area contributed by atoms with E-state index in [1.54, 1.807) is 6.07 Å². The number of benzene rings is 1. The molecule has 0 bridgehead atoms. The average Bonchev–Trinajstić information content (AvgIpc) is 2.55. The third-order valence-corrected chi connectivity index (χ3v) is 6.14. The fraction of sp³-hybridized carbons (Fsp3) is 0.600. The van der Waals surface area contributed by atoms with Crippen LogP contribution in [0.1, 0.15) is 52.0 Å². The molecule has 1 saturated carbocycles. The molecule has 0 saturated heterocycles. The predicted molar refractivity (Wildman–Crippen MR) is 105 cm³/mol. The summed E-state index contributed by atoms with van der Waals surface area (Å²) in [4.78, 5) is 17.1. The van der Waals surface area contributed by atoms with Gasteiger partial charge in [-0.15, -0.1) is 11.8 Å². The highest BCUT2D eigenvalue weighted by atomic mass is 32.2. The first-order chi connectivity index (χ1) is 12.6. The molecule has 3 atom stereocenters. The number of esters is 1. The van der Waals surface area contributed by atoms with E-state index in [1.807, 2.05) is 20.8 Å². The maximum Gasteiger partial charge on any atom is 0.312 e. The number of ether oxygens (including phenoxy) is 1. The number of halogens is 2. The van der Waals surface area contributed by atoms with Crippen LogP contribution in [0.3, 0.4) is 0 Å². The molecule has 0 spiro atoms. The number of anilines is 1. The van der Waals surface area contributed by atoms with Gasteiger partial charge in [-0.1, -0.05) is 0 Å². The number of hydrogen-bond acceptors (Lipinski definition) is 5. The second-order valence-corrected chi connectivity index (χ2v) is 9.41. The van der Waals surface area contributed by atoms with Gasteiger partial charge in [0.2, 0.25) is 0 Å². The van der Waals surface area contributed by atoms with Gasteiger partial charge >= 0.3 is 5.97 Å². The number of nitrogens with two attached hydrogens (primary N) is 1. The zero-order valence-electron chi connectivity index (χ0n) is 15.9. The van der Waals surface area contributed by atoms with E-state index in [9.17, 15) is 13.6 Å². The molecule has 1 heterocycles. The summed E-state index contributed by atoms with van der Waals surface area (Å²) < 4.78 is 34.2. The second kappa shape index (κ2) is 7.41. The van der Waals surface area contributed by atoms with Gasteiger partial charge in [0.05, 0.1) is 17.0 Å². The van der Waals surface area contributed by atoms with Crippen molar-refractivity contribution in [2.45, 2.75) is 63.8 Å². The molecule has 7 heteroatoms. The zero-order chi connectivity index (χ0) is 19.8. The average molecular weight is 397 g/mol. The largest absolute Gasteiger partial charge is 0.460 e. The Hall–Kier alpha value is -1.63. The van der Waals surface area contributed by atoms with Crippen molar-refractivity contribution < 1.29 is 18.3 Å². The van der Waals surface area contributed by atoms with Crippen LogP contribution in [0.4, 0.5) is 14.5 Å². The zero-order valence-corrected chi connectivity index (χ0v) is 16.7. The Morgan fingerprint density at radius 3 is 2.89 bits per heavy atom. The van der Waals surface area contributed by atoms with Gasteiger partial charge in [0.25, 0.3) is 0 Å². The molecule has 2 aliphatic rings. The van der Waals surface area contributed by atoms with Crippen molar-refractivity contribution in [1.29, 1.82) is 0 Å². The van der Waals surface area contributed by atoms with Gasteiger partial charge in [-0.25, -0.2) is 8.78 Å². The first-order valence-corrected chi connectivity index (χ1v) is 10.2. The number of nitrogen functional groups attached to an aromatic ring is 1. The van der Waals surface area contributed by atoms with E-state index in [-0.39, 0.29) is 18.3 Å². The summed E-state index contributed by atoms with van der Waals surface area (Å²) in [6.07, 6.45) is 0.190. The summed E-state index contributed by atoms with van der Waals surface area (Å²) >= 11 is 1.44. The van der Waals surface area contributed by atoms with Crippen LogP contribution in [-0.2, 0) is 15.1 Å². The number of nitrogens with zero attached hydrogens (tertiary/aromatic N) is 1. The molecule has 1 unspecified atom stereocenters. The van der Waals surface area contributed by atoms with Crippen LogP contribution >= 0.6 is 11.8 Å². The highest BCUT2D eigenvalue weighted by Gasteiger charge is 2.49. The fourth-order valence-electron chi connectivity index (χ4n) is 3.89.